The zero-order valence-corrected chi connectivity index (χ0v) is 8.58. The van der Waals surface area contributed by atoms with E-state index in [1.54, 1.807) is 6.92 Å². The Hall–Kier alpha value is -1.34. The van der Waals surface area contributed by atoms with E-state index < -0.39 is 6.04 Å². The van der Waals surface area contributed by atoms with Gasteiger partial charge in [0.15, 0.2) is 5.82 Å². The summed E-state index contributed by atoms with van der Waals surface area (Å²) in [4.78, 5) is 4.92. The lowest BCUT2D eigenvalue weighted by Crippen LogP contribution is -2.13. The number of aromatic nitrogens is 4. The molecule has 2 N–H and O–H groups in total. The minimum absolute atomic E-state index is 0.396. The van der Waals surface area contributed by atoms with Crippen molar-refractivity contribution in [2.24, 2.45) is 5.73 Å². The van der Waals surface area contributed by atoms with Crippen LogP contribution in [0.3, 0.4) is 0 Å². The molecule has 0 bridgehead atoms. The van der Waals surface area contributed by atoms with Crippen molar-refractivity contribution < 1.29 is 4.52 Å². The molecule has 1 atom stereocenters. The Morgan fingerprint density at radius 2 is 2.21 bits per heavy atom. The summed E-state index contributed by atoms with van der Waals surface area (Å²) in [5.74, 6) is 0.974. The number of hydrogen-bond donors (Lipinski definition) is 1. The van der Waals surface area contributed by atoms with E-state index >= 15 is 0 Å². The van der Waals surface area contributed by atoms with Gasteiger partial charge < -0.3 is 10.3 Å². The predicted molar refractivity (Wildman–Crippen MR) is 49.7 cm³/mol. The number of aryl methyl sites for hydroxylation is 2. The smallest absolute Gasteiger partial charge is 0.223 e. The van der Waals surface area contributed by atoms with E-state index in [1.165, 1.54) is 11.5 Å². The topological polar surface area (TPSA) is 90.7 Å². The van der Waals surface area contributed by atoms with Crippen LogP contribution in [0.1, 0.15) is 28.3 Å². The average Bonchev–Trinajstić information content (AvgIpc) is 2.73. The second kappa shape index (κ2) is 3.43. The minimum Gasteiger partial charge on any atom is -0.340 e. The van der Waals surface area contributed by atoms with Crippen LogP contribution in [0.5, 0.6) is 0 Å². The Morgan fingerprint density at radius 1 is 1.43 bits per heavy atom. The molecule has 0 saturated carbocycles. The van der Waals surface area contributed by atoms with Crippen LogP contribution < -0.4 is 5.73 Å². The molecule has 0 fully saturated rings. The molecular formula is C7H9N5OS. The quantitative estimate of drug-likeness (QED) is 0.781. The van der Waals surface area contributed by atoms with Gasteiger partial charge >= 0.3 is 0 Å². The molecule has 74 valence electrons. The van der Waals surface area contributed by atoms with E-state index in [0.29, 0.717) is 11.7 Å². The summed E-state index contributed by atoms with van der Waals surface area (Å²) in [5.41, 5.74) is 6.73. The third-order valence-corrected chi connectivity index (χ3v) is 2.70. The Morgan fingerprint density at radius 3 is 2.71 bits per heavy atom. The third-order valence-electron chi connectivity index (χ3n) is 1.79. The van der Waals surface area contributed by atoms with Crippen molar-refractivity contribution in [3.63, 3.8) is 0 Å². The van der Waals surface area contributed by atoms with Crippen LogP contribution in [0, 0.1) is 13.8 Å². The van der Waals surface area contributed by atoms with Crippen LogP contribution in [-0.2, 0) is 0 Å². The highest BCUT2D eigenvalue weighted by molar-refractivity contribution is 7.05. The van der Waals surface area contributed by atoms with E-state index in [9.17, 15) is 0 Å². The van der Waals surface area contributed by atoms with Gasteiger partial charge in [-0.2, -0.15) is 4.98 Å². The van der Waals surface area contributed by atoms with Gasteiger partial charge in [-0.25, -0.2) is 0 Å². The standard InChI is InChI=1S/C7H9N5OS/c1-3-6(14-12-10-3)5(8)7-9-4(2)13-11-7/h5H,8H2,1-2H3. The minimum atomic E-state index is -0.396. The van der Waals surface area contributed by atoms with Crippen molar-refractivity contribution in [2.45, 2.75) is 19.9 Å². The molecule has 0 aromatic carbocycles. The Balaban J connectivity index is 2.33. The van der Waals surface area contributed by atoms with Crippen LogP contribution in [0.25, 0.3) is 0 Å². The Kier molecular flexibility index (Phi) is 2.26. The molecule has 1 unspecified atom stereocenters. The van der Waals surface area contributed by atoms with Crippen LogP contribution in [0.4, 0.5) is 0 Å². The number of nitrogens with zero attached hydrogens (tertiary/aromatic N) is 4. The normalized spacial score (nSPS) is 13.1. The molecule has 14 heavy (non-hydrogen) atoms. The first-order chi connectivity index (χ1) is 6.68. The number of rotatable bonds is 2. The van der Waals surface area contributed by atoms with Crippen LogP contribution in [-0.4, -0.2) is 19.7 Å². The fourth-order valence-electron chi connectivity index (χ4n) is 1.08. The highest BCUT2D eigenvalue weighted by Crippen LogP contribution is 2.21. The van der Waals surface area contributed by atoms with Crippen LogP contribution in [0.15, 0.2) is 4.52 Å². The van der Waals surface area contributed by atoms with E-state index in [1.807, 2.05) is 6.92 Å². The average molecular weight is 211 g/mol. The first kappa shape index (κ1) is 9.22. The number of hydrogen-bond acceptors (Lipinski definition) is 7. The van der Waals surface area contributed by atoms with Gasteiger partial charge in [-0.15, -0.1) is 5.10 Å². The summed E-state index contributed by atoms with van der Waals surface area (Å²) in [6, 6.07) is -0.396. The molecule has 2 rings (SSSR count). The monoisotopic (exact) mass is 211 g/mol. The maximum absolute atomic E-state index is 5.92. The Bertz CT molecular complexity index is 437. The first-order valence-corrected chi connectivity index (χ1v) is 4.80. The summed E-state index contributed by atoms with van der Waals surface area (Å²) in [7, 11) is 0. The molecule has 0 aliphatic heterocycles. The fourth-order valence-corrected chi connectivity index (χ4v) is 1.72. The maximum atomic E-state index is 5.92. The SMILES string of the molecule is Cc1nc(C(N)c2snnc2C)no1. The lowest BCUT2D eigenvalue weighted by molar-refractivity contribution is 0.385. The molecule has 2 aromatic rings. The van der Waals surface area contributed by atoms with E-state index in [2.05, 4.69) is 19.7 Å². The largest absolute Gasteiger partial charge is 0.340 e. The van der Waals surface area contributed by atoms with Gasteiger partial charge in [0.2, 0.25) is 5.89 Å². The molecule has 7 heteroatoms. The third kappa shape index (κ3) is 1.51. The van der Waals surface area contributed by atoms with Gasteiger partial charge in [-0.1, -0.05) is 9.64 Å². The maximum Gasteiger partial charge on any atom is 0.223 e. The molecule has 0 amide bonds. The Labute approximate surface area is 84.3 Å². The summed E-state index contributed by atoms with van der Waals surface area (Å²) in [6.45, 7) is 3.58. The summed E-state index contributed by atoms with van der Waals surface area (Å²) >= 11 is 1.25. The van der Waals surface area contributed by atoms with Crippen molar-refractivity contribution >= 4 is 11.5 Å². The van der Waals surface area contributed by atoms with Gasteiger partial charge in [0.05, 0.1) is 10.6 Å². The van der Waals surface area contributed by atoms with Gasteiger partial charge in [-0.05, 0) is 18.5 Å². The van der Waals surface area contributed by atoms with Gasteiger partial charge in [0.1, 0.15) is 6.04 Å². The molecule has 0 saturated heterocycles. The fraction of sp³-hybridized carbons (Fsp3) is 0.429. The van der Waals surface area contributed by atoms with E-state index in [4.69, 9.17) is 10.3 Å². The van der Waals surface area contributed by atoms with Gasteiger partial charge in [-0.3, -0.25) is 0 Å². The van der Waals surface area contributed by atoms with Gasteiger partial charge in [0, 0.05) is 6.92 Å². The lowest BCUT2D eigenvalue weighted by atomic mass is 10.2. The molecule has 0 radical (unpaired) electrons. The molecule has 2 aromatic heterocycles. The van der Waals surface area contributed by atoms with Gasteiger partial charge in [0.25, 0.3) is 0 Å². The second-order valence-corrected chi connectivity index (χ2v) is 3.66. The van der Waals surface area contributed by atoms with Crippen LogP contribution >= 0.6 is 11.5 Å². The van der Waals surface area contributed by atoms with Crippen molar-refractivity contribution in [1.82, 2.24) is 19.7 Å². The van der Waals surface area contributed by atoms with Crippen LogP contribution in [0.2, 0.25) is 0 Å². The van der Waals surface area contributed by atoms with Crippen molar-refractivity contribution in [2.75, 3.05) is 0 Å². The zero-order chi connectivity index (χ0) is 10.1. The molecule has 0 aliphatic carbocycles. The highest BCUT2D eigenvalue weighted by Gasteiger charge is 2.19. The lowest BCUT2D eigenvalue weighted by Gasteiger charge is -2.02. The zero-order valence-electron chi connectivity index (χ0n) is 7.76. The first-order valence-electron chi connectivity index (χ1n) is 4.03. The van der Waals surface area contributed by atoms with Crippen molar-refractivity contribution in [3.05, 3.63) is 22.3 Å². The molecule has 6 nitrogen and oxygen atoms in total. The highest BCUT2D eigenvalue weighted by atomic mass is 32.1. The summed E-state index contributed by atoms with van der Waals surface area (Å²) in [5, 5.41) is 7.63. The predicted octanol–water partition coefficient (Wildman–Crippen LogP) is 0.586. The summed E-state index contributed by atoms with van der Waals surface area (Å²) in [6.07, 6.45) is 0. The van der Waals surface area contributed by atoms with Crippen molar-refractivity contribution in [1.29, 1.82) is 0 Å². The molecule has 0 aliphatic rings. The summed E-state index contributed by atoms with van der Waals surface area (Å²) < 4.78 is 8.65. The second-order valence-electron chi connectivity index (χ2n) is 2.87. The number of nitrogens with two attached hydrogens (primary N) is 1. The molecule has 0 spiro atoms. The molecular weight excluding hydrogens is 202 g/mol. The van der Waals surface area contributed by atoms with E-state index in [0.717, 1.165) is 10.6 Å². The van der Waals surface area contributed by atoms with E-state index in [-0.39, 0.29) is 0 Å². The van der Waals surface area contributed by atoms with Crippen molar-refractivity contribution in [3.8, 4) is 0 Å². The molecule has 2 heterocycles.